The van der Waals surface area contributed by atoms with Gasteiger partial charge in [-0.25, -0.2) is 0 Å². The summed E-state index contributed by atoms with van der Waals surface area (Å²) in [7, 11) is 0. The first-order chi connectivity index (χ1) is 6.58. The van der Waals surface area contributed by atoms with E-state index in [-0.39, 0.29) is 5.66 Å². The van der Waals surface area contributed by atoms with Crippen molar-refractivity contribution >= 4 is 6.72 Å². The van der Waals surface area contributed by atoms with Crippen LogP contribution >= 0.6 is 0 Å². The molecule has 3 nitrogen and oxygen atoms in total. The van der Waals surface area contributed by atoms with Crippen molar-refractivity contribution in [2.24, 2.45) is 5.10 Å². The van der Waals surface area contributed by atoms with Gasteiger partial charge in [-0.2, -0.15) is 5.10 Å². The predicted octanol–water partition coefficient (Wildman–Crippen LogP) is 2.19. The Kier molecular flexibility index (Phi) is 3.93. The van der Waals surface area contributed by atoms with Crippen molar-refractivity contribution in [3.8, 4) is 0 Å². The molecule has 0 spiro atoms. The Bertz CT molecular complexity index is 189. The molecule has 0 aromatic heterocycles. The molecule has 0 aliphatic carbocycles. The molecule has 1 fully saturated rings. The maximum Gasteiger partial charge on any atom is 0.101 e. The van der Waals surface area contributed by atoms with Gasteiger partial charge in [-0.05, 0) is 33.6 Å². The van der Waals surface area contributed by atoms with E-state index in [1.165, 1.54) is 25.7 Å². The van der Waals surface area contributed by atoms with Crippen molar-refractivity contribution in [2.45, 2.75) is 58.2 Å². The second-order valence-electron chi connectivity index (χ2n) is 4.72. The van der Waals surface area contributed by atoms with E-state index < -0.39 is 0 Å². The minimum absolute atomic E-state index is 0.0640. The molecule has 3 heteroatoms. The zero-order chi connectivity index (χ0) is 10.6. The fourth-order valence-corrected chi connectivity index (χ4v) is 2.36. The Labute approximate surface area is 87.6 Å². The van der Waals surface area contributed by atoms with Crippen molar-refractivity contribution in [1.29, 1.82) is 0 Å². The van der Waals surface area contributed by atoms with Gasteiger partial charge in [-0.1, -0.05) is 12.8 Å². The molecule has 1 saturated heterocycles. The summed E-state index contributed by atoms with van der Waals surface area (Å²) in [6.45, 7) is 11.3. The number of hydrogen-bond acceptors (Lipinski definition) is 3. The number of hydrazone groups is 1. The fourth-order valence-electron chi connectivity index (χ4n) is 2.36. The third-order valence-electron chi connectivity index (χ3n) is 3.12. The molecule has 0 radical (unpaired) electrons. The average Bonchev–Trinajstić information content (AvgIpc) is 2.29. The zero-order valence-corrected chi connectivity index (χ0v) is 9.71. The van der Waals surface area contributed by atoms with Gasteiger partial charge >= 0.3 is 0 Å². The zero-order valence-electron chi connectivity index (χ0n) is 9.71. The Hall–Kier alpha value is -0.570. The average molecular weight is 197 g/mol. The molecule has 0 aromatic rings. The smallest absolute Gasteiger partial charge is 0.101 e. The molecule has 1 N–H and O–H groups in total. The molecule has 0 aromatic carbocycles. The van der Waals surface area contributed by atoms with Crippen LogP contribution < -0.4 is 5.43 Å². The lowest BCUT2D eigenvalue weighted by molar-refractivity contribution is 0.0528. The van der Waals surface area contributed by atoms with Crippen molar-refractivity contribution in [3.05, 3.63) is 0 Å². The van der Waals surface area contributed by atoms with Crippen LogP contribution in [0.5, 0.6) is 0 Å². The molecule has 1 aliphatic rings. The number of likely N-dealkylation sites (tertiary alicyclic amines) is 1. The standard InChI is InChI=1S/C11H23N3/c1-10-8-6-5-7-9-14(10)11(2,3)13-12-4/h10,13H,4-9H2,1-3H3/t10-/m1/s1. The van der Waals surface area contributed by atoms with Crippen LogP contribution in [-0.2, 0) is 0 Å². The summed E-state index contributed by atoms with van der Waals surface area (Å²) in [4.78, 5) is 2.49. The van der Waals surface area contributed by atoms with Gasteiger partial charge in [0.25, 0.3) is 0 Å². The van der Waals surface area contributed by atoms with Crippen LogP contribution in [0.25, 0.3) is 0 Å². The van der Waals surface area contributed by atoms with Crippen LogP contribution in [-0.4, -0.2) is 29.9 Å². The van der Waals surface area contributed by atoms with E-state index in [1.807, 2.05) is 0 Å². The van der Waals surface area contributed by atoms with Gasteiger partial charge in [0.15, 0.2) is 0 Å². The molecule has 1 heterocycles. The van der Waals surface area contributed by atoms with Crippen LogP contribution in [0.3, 0.4) is 0 Å². The fraction of sp³-hybridized carbons (Fsp3) is 0.909. The molecule has 0 saturated carbocycles. The van der Waals surface area contributed by atoms with Crippen molar-refractivity contribution in [1.82, 2.24) is 10.3 Å². The molecule has 1 atom stereocenters. The van der Waals surface area contributed by atoms with E-state index in [1.54, 1.807) is 0 Å². The summed E-state index contributed by atoms with van der Waals surface area (Å²) >= 11 is 0. The number of rotatable bonds is 3. The molecular formula is C11H23N3. The van der Waals surface area contributed by atoms with Crippen LogP contribution in [0.15, 0.2) is 5.10 Å². The Morgan fingerprint density at radius 1 is 1.36 bits per heavy atom. The molecule has 82 valence electrons. The molecule has 0 amide bonds. The number of nitrogens with zero attached hydrogens (tertiary/aromatic N) is 2. The summed E-state index contributed by atoms with van der Waals surface area (Å²) < 4.78 is 0. The van der Waals surface area contributed by atoms with Gasteiger partial charge in [0, 0.05) is 19.3 Å². The number of hydrogen-bond donors (Lipinski definition) is 1. The number of nitrogens with one attached hydrogen (secondary N) is 1. The summed E-state index contributed by atoms with van der Waals surface area (Å²) in [5, 5.41) is 3.81. The van der Waals surface area contributed by atoms with Crippen LogP contribution in [0.4, 0.5) is 0 Å². The first-order valence-corrected chi connectivity index (χ1v) is 5.57. The third kappa shape index (κ3) is 2.71. The molecule has 1 aliphatic heterocycles. The second-order valence-corrected chi connectivity index (χ2v) is 4.72. The van der Waals surface area contributed by atoms with Crippen molar-refractivity contribution in [2.75, 3.05) is 6.54 Å². The van der Waals surface area contributed by atoms with Crippen LogP contribution in [0.1, 0.15) is 46.5 Å². The summed E-state index contributed by atoms with van der Waals surface area (Å²) in [5.74, 6) is 0. The lowest BCUT2D eigenvalue weighted by atomic mass is 10.1. The van der Waals surface area contributed by atoms with Gasteiger partial charge in [-0.15, -0.1) is 0 Å². The SMILES string of the molecule is C=NNC(C)(C)N1CCCCC[C@H]1C. The molecule has 1 rings (SSSR count). The van der Waals surface area contributed by atoms with Crippen molar-refractivity contribution < 1.29 is 0 Å². The second kappa shape index (κ2) is 4.78. The largest absolute Gasteiger partial charge is 0.291 e. The van der Waals surface area contributed by atoms with E-state index in [0.717, 1.165) is 6.54 Å². The van der Waals surface area contributed by atoms with E-state index in [0.29, 0.717) is 6.04 Å². The van der Waals surface area contributed by atoms with Crippen LogP contribution in [0, 0.1) is 0 Å². The van der Waals surface area contributed by atoms with E-state index in [2.05, 4.69) is 42.9 Å². The van der Waals surface area contributed by atoms with Gasteiger partial charge in [0.1, 0.15) is 5.66 Å². The maximum absolute atomic E-state index is 3.81. The first kappa shape index (κ1) is 11.5. The summed E-state index contributed by atoms with van der Waals surface area (Å²) in [6.07, 6.45) is 5.31. The Morgan fingerprint density at radius 3 is 2.71 bits per heavy atom. The van der Waals surface area contributed by atoms with Gasteiger partial charge in [0.2, 0.25) is 0 Å². The highest BCUT2D eigenvalue weighted by Gasteiger charge is 2.30. The molecule has 14 heavy (non-hydrogen) atoms. The minimum atomic E-state index is -0.0640. The Morgan fingerprint density at radius 2 is 2.07 bits per heavy atom. The summed E-state index contributed by atoms with van der Waals surface area (Å²) in [5.41, 5.74) is 3.03. The van der Waals surface area contributed by atoms with Crippen LogP contribution in [0.2, 0.25) is 0 Å². The third-order valence-corrected chi connectivity index (χ3v) is 3.12. The summed E-state index contributed by atoms with van der Waals surface area (Å²) in [6, 6.07) is 0.641. The molecule has 0 bridgehead atoms. The van der Waals surface area contributed by atoms with E-state index >= 15 is 0 Å². The lowest BCUT2D eigenvalue weighted by Gasteiger charge is -2.41. The highest BCUT2D eigenvalue weighted by molar-refractivity contribution is 5.22. The highest BCUT2D eigenvalue weighted by Crippen LogP contribution is 2.23. The molecule has 0 unspecified atom stereocenters. The van der Waals surface area contributed by atoms with E-state index in [4.69, 9.17) is 0 Å². The minimum Gasteiger partial charge on any atom is -0.291 e. The maximum atomic E-state index is 3.81. The Balaban J connectivity index is 2.66. The lowest BCUT2D eigenvalue weighted by Crippen LogP contribution is -2.56. The monoisotopic (exact) mass is 197 g/mol. The topological polar surface area (TPSA) is 27.6 Å². The predicted molar refractivity (Wildman–Crippen MR) is 61.4 cm³/mol. The molecular weight excluding hydrogens is 174 g/mol. The van der Waals surface area contributed by atoms with E-state index in [9.17, 15) is 0 Å². The quantitative estimate of drug-likeness (QED) is 0.555. The van der Waals surface area contributed by atoms with Gasteiger partial charge in [0.05, 0.1) is 0 Å². The highest BCUT2D eigenvalue weighted by atomic mass is 15.4. The van der Waals surface area contributed by atoms with Gasteiger partial charge in [-0.3, -0.25) is 10.3 Å². The van der Waals surface area contributed by atoms with Gasteiger partial charge < -0.3 is 0 Å². The first-order valence-electron chi connectivity index (χ1n) is 5.57. The normalized spacial score (nSPS) is 25.5. The van der Waals surface area contributed by atoms with Crippen molar-refractivity contribution in [3.63, 3.8) is 0 Å².